The van der Waals surface area contributed by atoms with Crippen LogP contribution in [0.1, 0.15) is 5.56 Å². The third-order valence-corrected chi connectivity index (χ3v) is 3.10. The van der Waals surface area contributed by atoms with Crippen LogP contribution >= 0.6 is 0 Å². The Labute approximate surface area is 110 Å². The molecule has 0 bridgehead atoms. The summed E-state index contributed by atoms with van der Waals surface area (Å²) in [7, 11) is 0. The molecule has 0 unspecified atom stereocenters. The van der Waals surface area contributed by atoms with E-state index in [4.69, 9.17) is 5.73 Å². The molecular formula is C15H13N3O. The largest absolute Gasteiger partial charge is 0.369 e. The van der Waals surface area contributed by atoms with E-state index < -0.39 is 0 Å². The van der Waals surface area contributed by atoms with Crippen LogP contribution in [0.5, 0.6) is 0 Å². The second-order valence-electron chi connectivity index (χ2n) is 4.36. The molecule has 0 saturated carbocycles. The molecule has 19 heavy (non-hydrogen) atoms. The number of hydrogen-bond donors (Lipinski definition) is 1. The summed E-state index contributed by atoms with van der Waals surface area (Å²) in [5.41, 5.74) is 7.53. The first-order chi connectivity index (χ1) is 9.25. The van der Waals surface area contributed by atoms with Crippen LogP contribution in [-0.2, 0) is 6.54 Å². The Bertz CT molecular complexity index is 778. The number of rotatable bonds is 2. The first-order valence-corrected chi connectivity index (χ1v) is 6.05. The Morgan fingerprint density at radius 1 is 1.00 bits per heavy atom. The van der Waals surface area contributed by atoms with Crippen molar-refractivity contribution in [2.24, 2.45) is 0 Å². The number of fused-ring (bicyclic) bond motifs is 1. The number of para-hydroxylation sites is 1. The summed E-state index contributed by atoms with van der Waals surface area (Å²) in [5.74, 6) is 0.243. The van der Waals surface area contributed by atoms with Crippen molar-refractivity contribution < 1.29 is 0 Å². The van der Waals surface area contributed by atoms with E-state index in [1.165, 1.54) is 0 Å². The van der Waals surface area contributed by atoms with Gasteiger partial charge in [0, 0.05) is 0 Å². The SMILES string of the molecule is Nc1nc(=O)c2ccccc2n1Cc1ccccc1. The van der Waals surface area contributed by atoms with Gasteiger partial charge in [-0.3, -0.25) is 4.79 Å². The summed E-state index contributed by atoms with van der Waals surface area (Å²) < 4.78 is 1.85. The third-order valence-electron chi connectivity index (χ3n) is 3.10. The van der Waals surface area contributed by atoms with Crippen LogP contribution in [0.15, 0.2) is 59.4 Å². The van der Waals surface area contributed by atoms with Crippen molar-refractivity contribution in [1.82, 2.24) is 9.55 Å². The average Bonchev–Trinajstić information content (AvgIpc) is 2.45. The highest BCUT2D eigenvalue weighted by atomic mass is 16.1. The molecular weight excluding hydrogens is 238 g/mol. The molecule has 2 N–H and O–H groups in total. The van der Waals surface area contributed by atoms with E-state index >= 15 is 0 Å². The van der Waals surface area contributed by atoms with Gasteiger partial charge in [-0.25, -0.2) is 0 Å². The molecule has 0 aliphatic rings. The van der Waals surface area contributed by atoms with Crippen molar-refractivity contribution in [3.8, 4) is 0 Å². The highest BCUT2D eigenvalue weighted by Crippen LogP contribution is 2.14. The predicted molar refractivity (Wildman–Crippen MR) is 76.0 cm³/mol. The Hall–Kier alpha value is -2.62. The molecule has 0 saturated heterocycles. The van der Waals surface area contributed by atoms with E-state index in [-0.39, 0.29) is 11.5 Å². The minimum Gasteiger partial charge on any atom is -0.369 e. The second-order valence-corrected chi connectivity index (χ2v) is 4.36. The minimum atomic E-state index is -0.280. The van der Waals surface area contributed by atoms with Gasteiger partial charge in [0.25, 0.3) is 5.56 Å². The lowest BCUT2D eigenvalue weighted by molar-refractivity contribution is 0.814. The third kappa shape index (κ3) is 2.08. The monoisotopic (exact) mass is 251 g/mol. The van der Waals surface area contributed by atoms with Crippen molar-refractivity contribution in [3.63, 3.8) is 0 Å². The molecule has 4 nitrogen and oxygen atoms in total. The Morgan fingerprint density at radius 2 is 1.68 bits per heavy atom. The van der Waals surface area contributed by atoms with E-state index in [2.05, 4.69) is 4.98 Å². The summed E-state index contributed by atoms with van der Waals surface area (Å²) >= 11 is 0. The van der Waals surface area contributed by atoms with Crippen LogP contribution in [0.25, 0.3) is 10.9 Å². The maximum absolute atomic E-state index is 11.8. The van der Waals surface area contributed by atoms with Crippen molar-refractivity contribution in [1.29, 1.82) is 0 Å². The van der Waals surface area contributed by atoms with Gasteiger partial charge in [0.1, 0.15) is 0 Å². The fourth-order valence-corrected chi connectivity index (χ4v) is 2.17. The van der Waals surface area contributed by atoms with Gasteiger partial charge in [-0.2, -0.15) is 4.98 Å². The number of benzene rings is 2. The van der Waals surface area contributed by atoms with Gasteiger partial charge >= 0.3 is 0 Å². The van der Waals surface area contributed by atoms with Crippen LogP contribution in [0, 0.1) is 0 Å². The molecule has 0 spiro atoms. The van der Waals surface area contributed by atoms with Crippen molar-refractivity contribution >= 4 is 16.9 Å². The molecule has 0 atom stereocenters. The molecule has 1 heterocycles. The summed E-state index contributed by atoms with van der Waals surface area (Å²) in [6.07, 6.45) is 0. The molecule has 94 valence electrons. The van der Waals surface area contributed by atoms with Crippen molar-refractivity contribution in [3.05, 3.63) is 70.5 Å². The average molecular weight is 251 g/mol. The number of aromatic nitrogens is 2. The molecule has 4 heteroatoms. The van der Waals surface area contributed by atoms with Gasteiger partial charge in [0.15, 0.2) is 0 Å². The van der Waals surface area contributed by atoms with Gasteiger partial charge < -0.3 is 10.3 Å². The van der Waals surface area contributed by atoms with E-state index in [0.29, 0.717) is 11.9 Å². The lowest BCUT2D eigenvalue weighted by Gasteiger charge is -2.12. The summed E-state index contributed by atoms with van der Waals surface area (Å²) in [6, 6.07) is 17.3. The molecule has 1 aromatic heterocycles. The normalized spacial score (nSPS) is 10.7. The molecule has 0 fully saturated rings. The van der Waals surface area contributed by atoms with Gasteiger partial charge in [-0.15, -0.1) is 0 Å². The molecule has 3 aromatic rings. The quantitative estimate of drug-likeness (QED) is 0.758. The molecule has 0 amide bonds. The molecule has 2 aromatic carbocycles. The maximum atomic E-state index is 11.8. The predicted octanol–water partition coefficient (Wildman–Crippen LogP) is 2.03. The first kappa shape index (κ1) is 11.5. The van der Waals surface area contributed by atoms with Crippen molar-refractivity contribution in [2.45, 2.75) is 6.54 Å². The Balaban J connectivity index is 2.21. The van der Waals surface area contributed by atoms with Crippen molar-refractivity contribution in [2.75, 3.05) is 5.73 Å². The summed E-state index contributed by atoms with van der Waals surface area (Å²) in [5, 5.41) is 0.590. The zero-order chi connectivity index (χ0) is 13.2. The highest BCUT2D eigenvalue weighted by molar-refractivity contribution is 5.79. The van der Waals surface area contributed by atoms with Crippen LogP contribution in [0.2, 0.25) is 0 Å². The second kappa shape index (κ2) is 4.57. The highest BCUT2D eigenvalue weighted by Gasteiger charge is 2.07. The number of hydrogen-bond acceptors (Lipinski definition) is 3. The van der Waals surface area contributed by atoms with Gasteiger partial charge in [0.05, 0.1) is 17.4 Å². The molecule has 3 rings (SSSR count). The number of nitrogens with two attached hydrogens (primary N) is 1. The maximum Gasteiger partial charge on any atom is 0.282 e. The number of nitrogen functional groups attached to an aromatic ring is 1. The summed E-state index contributed by atoms with van der Waals surface area (Å²) in [4.78, 5) is 15.7. The number of anilines is 1. The Kier molecular flexibility index (Phi) is 2.76. The van der Waals surface area contributed by atoms with E-state index in [1.807, 2.05) is 53.1 Å². The smallest absolute Gasteiger partial charge is 0.282 e. The van der Waals surface area contributed by atoms with Gasteiger partial charge in [-0.1, -0.05) is 42.5 Å². The van der Waals surface area contributed by atoms with E-state index in [1.54, 1.807) is 6.07 Å². The summed E-state index contributed by atoms with van der Waals surface area (Å²) in [6.45, 7) is 0.598. The fraction of sp³-hybridized carbons (Fsp3) is 0.0667. The molecule has 0 aliphatic carbocycles. The topological polar surface area (TPSA) is 60.9 Å². The van der Waals surface area contributed by atoms with E-state index in [0.717, 1.165) is 11.1 Å². The first-order valence-electron chi connectivity index (χ1n) is 6.05. The van der Waals surface area contributed by atoms with Crippen LogP contribution in [-0.4, -0.2) is 9.55 Å². The zero-order valence-corrected chi connectivity index (χ0v) is 10.3. The van der Waals surface area contributed by atoms with Gasteiger partial charge in [0.2, 0.25) is 5.95 Å². The Morgan fingerprint density at radius 3 is 2.47 bits per heavy atom. The van der Waals surface area contributed by atoms with E-state index in [9.17, 15) is 4.79 Å². The van der Waals surface area contributed by atoms with Crippen LogP contribution < -0.4 is 11.3 Å². The zero-order valence-electron chi connectivity index (χ0n) is 10.3. The van der Waals surface area contributed by atoms with Crippen LogP contribution in [0.3, 0.4) is 0 Å². The lowest BCUT2D eigenvalue weighted by atomic mass is 10.2. The minimum absolute atomic E-state index is 0.243. The fourth-order valence-electron chi connectivity index (χ4n) is 2.17. The van der Waals surface area contributed by atoms with Crippen LogP contribution in [0.4, 0.5) is 5.95 Å². The van der Waals surface area contributed by atoms with Gasteiger partial charge in [-0.05, 0) is 17.7 Å². The molecule has 0 radical (unpaired) electrons. The number of nitrogens with zero attached hydrogens (tertiary/aromatic N) is 2. The molecule has 0 aliphatic heterocycles. The lowest BCUT2D eigenvalue weighted by Crippen LogP contribution is -2.18. The standard InChI is InChI=1S/C15H13N3O/c16-15-17-14(19)12-8-4-5-9-13(12)18(15)10-11-6-2-1-3-7-11/h1-9H,10H2,(H2,16,17,19).